The summed E-state index contributed by atoms with van der Waals surface area (Å²) in [5.74, 6) is 0.0662. The molecule has 1 amide bonds. The summed E-state index contributed by atoms with van der Waals surface area (Å²) in [6.45, 7) is 8.17. The molecule has 1 aromatic carbocycles. The Labute approximate surface area is 164 Å². The lowest BCUT2D eigenvalue weighted by Gasteiger charge is -2.21. The van der Waals surface area contributed by atoms with Crippen molar-refractivity contribution in [3.63, 3.8) is 0 Å². The minimum Gasteiger partial charge on any atom is -0.485 e. The number of carbonyl (C=O) groups excluding carboxylic acids is 1. The first-order valence-corrected chi connectivity index (χ1v) is 9.26. The summed E-state index contributed by atoms with van der Waals surface area (Å²) in [6.07, 6.45) is 1.72. The van der Waals surface area contributed by atoms with E-state index in [4.69, 9.17) is 9.26 Å². The number of carboxylic acid groups (broad SMARTS) is 1. The second-order valence-electron chi connectivity index (χ2n) is 7.73. The van der Waals surface area contributed by atoms with E-state index in [1.165, 1.54) is 0 Å². The zero-order valence-corrected chi connectivity index (χ0v) is 16.7. The van der Waals surface area contributed by atoms with E-state index in [9.17, 15) is 14.7 Å². The molecule has 2 aromatic rings. The number of aromatic nitrogens is 2. The van der Waals surface area contributed by atoms with Gasteiger partial charge in [0.25, 0.3) is 5.91 Å². The van der Waals surface area contributed by atoms with Crippen LogP contribution in [0.3, 0.4) is 0 Å². The molecule has 0 saturated heterocycles. The molecule has 0 spiro atoms. The minimum atomic E-state index is -1.04. The number of benzene rings is 1. The Hall–Kier alpha value is -2.90. The Kier molecular flexibility index (Phi) is 7.14. The number of aliphatic carboxylic acids is 1. The van der Waals surface area contributed by atoms with E-state index in [1.807, 2.05) is 27.7 Å². The number of nitrogens with zero attached hydrogens (tertiary/aromatic N) is 2. The normalized spacial score (nSPS) is 12.4. The van der Waals surface area contributed by atoms with Crippen LogP contribution >= 0.6 is 0 Å². The molecule has 0 saturated carbocycles. The lowest BCUT2D eigenvalue weighted by molar-refractivity contribution is -0.139. The summed E-state index contributed by atoms with van der Waals surface area (Å²) < 4.78 is 10.6. The van der Waals surface area contributed by atoms with Gasteiger partial charge in [0.15, 0.2) is 6.61 Å². The van der Waals surface area contributed by atoms with Crippen LogP contribution in [0.1, 0.15) is 62.6 Å². The Morgan fingerprint density at radius 3 is 2.46 bits per heavy atom. The van der Waals surface area contributed by atoms with Crippen LogP contribution in [-0.4, -0.2) is 33.2 Å². The van der Waals surface area contributed by atoms with Crippen molar-refractivity contribution in [3.8, 4) is 5.75 Å². The first kappa shape index (κ1) is 21.4. The van der Waals surface area contributed by atoms with Crippen molar-refractivity contribution in [3.05, 3.63) is 41.5 Å². The molecule has 1 atom stereocenters. The number of hydrogen-bond acceptors (Lipinski definition) is 6. The molecule has 1 heterocycles. The number of nitrogens with one attached hydrogen (secondary N) is 1. The third-order valence-electron chi connectivity index (χ3n) is 4.08. The Bertz CT molecular complexity index is 793. The summed E-state index contributed by atoms with van der Waals surface area (Å²) in [5.41, 5.74) is 0.357. The van der Waals surface area contributed by atoms with E-state index in [-0.39, 0.29) is 12.0 Å². The molecule has 0 aliphatic carbocycles. The zero-order chi connectivity index (χ0) is 20.7. The van der Waals surface area contributed by atoms with E-state index in [0.29, 0.717) is 42.3 Å². The largest absolute Gasteiger partial charge is 0.485 e. The highest BCUT2D eigenvalue weighted by molar-refractivity contribution is 5.96. The highest BCUT2D eigenvalue weighted by Gasteiger charge is 2.23. The van der Waals surface area contributed by atoms with Crippen LogP contribution in [-0.2, 0) is 17.8 Å². The smallest absolute Gasteiger partial charge is 0.326 e. The lowest BCUT2D eigenvalue weighted by atomic mass is 9.88. The van der Waals surface area contributed by atoms with Crippen molar-refractivity contribution >= 4 is 11.9 Å². The zero-order valence-electron chi connectivity index (χ0n) is 16.7. The molecule has 1 unspecified atom stereocenters. The predicted octanol–water partition coefficient (Wildman–Crippen LogP) is 3.22. The van der Waals surface area contributed by atoms with Gasteiger partial charge in [-0.2, -0.15) is 4.98 Å². The van der Waals surface area contributed by atoms with Gasteiger partial charge in [-0.25, -0.2) is 4.79 Å². The van der Waals surface area contributed by atoms with Gasteiger partial charge in [0.2, 0.25) is 11.7 Å². The standard InChI is InChI=1S/C20H27N3O5/c1-5-17-22-16(23-28-17)12-27-14-8-6-13(7-9-14)18(24)21-15(19(25)26)10-11-20(2,3)4/h6-9,15H,5,10-12H2,1-4H3,(H,21,24)(H,25,26). The first-order valence-electron chi connectivity index (χ1n) is 9.26. The summed E-state index contributed by atoms with van der Waals surface area (Å²) in [7, 11) is 0. The van der Waals surface area contributed by atoms with Gasteiger partial charge in [-0.1, -0.05) is 32.9 Å². The molecule has 1 aromatic heterocycles. The molecule has 8 nitrogen and oxygen atoms in total. The molecule has 28 heavy (non-hydrogen) atoms. The van der Waals surface area contributed by atoms with Crippen molar-refractivity contribution in [1.82, 2.24) is 15.5 Å². The van der Waals surface area contributed by atoms with Gasteiger partial charge in [0.05, 0.1) is 0 Å². The van der Waals surface area contributed by atoms with Gasteiger partial charge in [-0.3, -0.25) is 4.79 Å². The predicted molar refractivity (Wildman–Crippen MR) is 102 cm³/mol. The van der Waals surface area contributed by atoms with Crippen LogP contribution in [0.25, 0.3) is 0 Å². The van der Waals surface area contributed by atoms with E-state index < -0.39 is 17.9 Å². The SMILES string of the molecule is CCc1nc(COc2ccc(C(=O)NC(CCC(C)(C)C)C(=O)O)cc2)no1. The third kappa shape index (κ3) is 6.68. The van der Waals surface area contributed by atoms with Crippen molar-refractivity contribution in [2.45, 2.75) is 59.6 Å². The van der Waals surface area contributed by atoms with Crippen molar-refractivity contribution in [2.24, 2.45) is 5.41 Å². The molecule has 0 fully saturated rings. The number of hydrogen-bond donors (Lipinski definition) is 2. The van der Waals surface area contributed by atoms with E-state index in [2.05, 4.69) is 15.5 Å². The number of ether oxygens (including phenoxy) is 1. The molecule has 2 N–H and O–H groups in total. The molecular weight excluding hydrogens is 362 g/mol. The van der Waals surface area contributed by atoms with Crippen LogP contribution in [0.2, 0.25) is 0 Å². The molecule has 8 heteroatoms. The number of rotatable bonds is 9. The maximum Gasteiger partial charge on any atom is 0.326 e. The van der Waals surface area contributed by atoms with Crippen LogP contribution in [0.15, 0.2) is 28.8 Å². The number of aryl methyl sites for hydroxylation is 1. The highest BCUT2D eigenvalue weighted by Crippen LogP contribution is 2.22. The van der Waals surface area contributed by atoms with E-state index in [0.717, 1.165) is 0 Å². The van der Waals surface area contributed by atoms with Gasteiger partial charge in [-0.15, -0.1) is 0 Å². The second-order valence-corrected chi connectivity index (χ2v) is 7.73. The van der Waals surface area contributed by atoms with Gasteiger partial charge in [-0.05, 0) is 42.5 Å². The minimum absolute atomic E-state index is 0.00594. The van der Waals surface area contributed by atoms with Gasteiger partial charge in [0.1, 0.15) is 11.8 Å². The van der Waals surface area contributed by atoms with Crippen LogP contribution in [0, 0.1) is 5.41 Å². The average Bonchev–Trinajstić information content (AvgIpc) is 3.10. The van der Waals surface area contributed by atoms with Crippen LogP contribution in [0.4, 0.5) is 0 Å². The quantitative estimate of drug-likeness (QED) is 0.676. The Morgan fingerprint density at radius 2 is 1.93 bits per heavy atom. The fourth-order valence-electron chi connectivity index (χ4n) is 2.42. The molecular formula is C20H27N3O5. The molecule has 0 aliphatic rings. The lowest BCUT2D eigenvalue weighted by Crippen LogP contribution is -2.41. The van der Waals surface area contributed by atoms with Gasteiger partial charge >= 0.3 is 5.97 Å². The fourth-order valence-corrected chi connectivity index (χ4v) is 2.42. The molecule has 152 valence electrons. The monoisotopic (exact) mass is 389 g/mol. The average molecular weight is 389 g/mol. The first-order chi connectivity index (χ1) is 13.2. The maximum atomic E-state index is 12.4. The molecule has 0 aliphatic heterocycles. The maximum absolute atomic E-state index is 12.4. The van der Waals surface area contributed by atoms with E-state index >= 15 is 0 Å². The number of carboxylic acids is 1. The van der Waals surface area contributed by atoms with Crippen molar-refractivity contribution < 1.29 is 24.0 Å². The van der Waals surface area contributed by atoms with Gasteiger partial charge < -0.3 is 19.7 Å². The molecule has 2 rings (SSSR count). The van der Waals surface area contributed by atoms with Crippen molar-refractivity contribution in [2.75, 3.05) is 0 Å². The summed E-state index contributed by atoms with van der Waals surface area (Å²) in [4.78, 5) is 27.9. The van der Waals surface area contributed by atoms with Crippen LogP contribution < -0.4 is 10.1 Å². The topological polar surface area (TPSA) is 115 Å². The van der Waals surface area contributed by atoms with Crippen LogP contribution in [0.5, 0.6) is 5.75 Å². The van der Waals surface area contributed by atoms with Crippen molar-refractivity contribution in [1.29, 1.82) is 0 Å². The van der Waals surface area contributed by atoms with Gasteiger partial charge in [0, 0.05) is 12.0 Å². The summed E-state index contributed by atoms with van der Waals surface area (Å²) >= 11 is 0. The highest BCUT2D eigenvalue weighted by atomic mass is 16.5. The summed E-state index contributed by atoms with van der Waals surface area (Å²) in [5, 5.41) is 15.7. The number of amides is 1. The second kappa shape index (κ2) is 9.34. The molecule has 0 radical (unpaired) electrons. The Balaban J connectivity index is 1.91. The number of carbonyl (C=O) groups is 2. The fraction of sp³-hybridized carbons (Fsp3) is 0.500. The third-order valence-corrected chi connectivity index (χ3v) is 4.08. The molecule has 0 bridgehead atoms. The van der Waals surface area contributed by atoms with E-state index in [1.54, 1.807) is 24.3 Å². The Morgan fingerprint density at radius 1 is 1.25 bits per heavy atom. The summed E-state index contributed by atoms with van der Waals surface area (Å²) in [6, 6.07) is 5.53.